The summed E-state index contributed by atoms with van der Waals surface area (Å²) >= 11 is 3.47. The van der Waals surface area contributed by atoms with Gasteiger partial charge in [0.15, 0.2) is 0 Å². The van der Waals surface area contributed by atoms with Gasteiger partial charge in [0.1, 0.15) is 0 Å². The van der Waals surface area contributed by atoms with Gasteiger partial charge in [-0.25, -0.2) is 0 Å². The zero-order valence-electron chi connectivity index (χ0n) is 9.63. The topological polar surface area (TPSA) is 29.3 Å². The molecule has 2 N–H and O–H groups in total. The minimum Gasteiger partial charge on any atom is -0.397 e. The van der Waals surface area contributed by atoms with Crippen molar-refractivity contribution < 1.29 is 0 Å². The fourth-order valence-corrected chi connectivity index (χ4v) is 1.89. The Morgan fingerprint density at radius 1 is 1.47 bits per heavy atom. The van der Waals surface area contributed by atoms with Crippen LogP contribution in [-0.4, -0.2) is 13.6 Å². The highest BCUT2D eigenvalue weighted by molar-refractivity contribution is 9.10. The van der Waals surface area contributed by atoms with Gasteiger partial charge in [-0.2, -0.15) is 0 Å². The largest absolute Gasteiger partial charge is 0.397 e. The first-order chi connectivity index (χ1) is 7.04. The predicted molar refractivity (Wildman–Crippen MR) is 71.3 cm³/mol. The van der Waals surface area contributed by atoms with Crippen molar-refractivity contribution in [3.63, 3.8) is 0 Å². The van der Waals surface area contributed by atoms with E-state index in [2.05, 4.69) is 47.8 Å². The van der Waals surface area contributed by atoms with E-state index < -0.39 is 0 Å². The molecule has 15 heavy (non-hydrogen) atoms. The number of halogens is 1. The molecule has 1 aromatic rings. The van der Waals surface area contributed by atoms with E-state index in [4.69, 9.17) is 5.73 Å². The molecule has 84 valence electrons. The Labute approximate surface area is 101 Å². The minimum absolute atomic E-state index is 0.688. The molecule has 1 rings (SSSR count). The Bertz CT molecular complexity index is 325. The Balaban J connectivity index is 2.80. The van der Waals surface area contributed by atoms with Gasteiger partial charge in [-0.3, -0.25) is 0 Å². The first kappa shape index (κ1) is 12.4. The third-order valence-electron chi connectivity index (χ3n) is 2.69. The van der Waals surface area contributed by atoms with Gasteiger partial charge in [-0.05, 0) is 24.1 Å². The van der Waals surface area contributed by atoms with E-state index in [1.807, 2.05) is 12.1 Å². The molecular formula is C12H19BrN2. The zero-order chi connectivity index (χ0) is 11.4. The molecule has 0 saturated carbocycles. The van der Waals surface area contributed by atoms with E-state index in [0.29, 0.717) is 5.92 Å². The lowest BCUT2D eigenvalue weighted by Gasteiger charge is -2.24. The first-order valence-electron chi connectivity index (χ1n) is 5.30. The Morgan fingerprint density at radius 3 is 2.73 bits per heavy atom. The Hall–Kier alpha value is -0.700. The van der Waals surface area contributed by atoms with E-state index in [1.165, 1.54) is 6.42 Å². The lowest BCUT2D eigenvalue weighted by Crippen LogP contribution is -2.24. The molecule has 3 heteroatoms. The van der Waals surface area contributed by atoms with E-state index in [1.54, 1.807) is 0 Å². The zero-order valence-corrected chi connectivity index (χ0v) is 11.2. The minimum atomic E-state index is 0.688. The van der Waals surface area contributed by atoms with Gasteiger partial charge in [-0.15, -0.1) is 0 Å². The molecule has 1 atom stereocenters. The summed E-state index contributed by atoms with van der Waals surface area (Å²) < 4.78 is 1.07. The molecule has 0 aromatic heterocycles. The van der Waals surface area contributed by atoms with Crippen molar-refractivity contribution in [2.24, 2.45) is 5.92 Å². The highest BCUT2D eigenvalue weighted by Crippen LogP contribution is 2.26. The van der Waals surface area contributed by atoms with Gasteiger partial charge >= 0.3 is 0 Å². The number of anilines is 2. The first-order valence-corrected chi connectivity index (χ1v) is 6.10. The van der Waals surface area contributed by atoms with Crippen molar-refractivity contribution in [3.05, 3.63) is 22.7 Å². The average molecular weight is 271 g/mol. The number of hydrogen-bond acceptors (Lipinski definition) is 2. The van der Waals surface area contributed by atoms with Crippen molar-refractivity contribution in [1.29, 1.82) is 0 Å². The van der Waals surface area contributed by atoms with Gasteiger partial charge < -0.3 is 10.6 Å². The monoisotopic (exact) mass is 270 g/mol. The standard InChI is InChI=1S/C12H19BrN2/c1-4-9(2)8-15(3)12-7-10(13)5-6-11(12)14/h5-7,9H,4,8,14H2,1-3H3. The van der Waals surface area contributed by atoms with Crippen LogP contribution in [0.2, 0.25) is 0 Å². The van der Waals surface area contributed by atoms with Crippen LogP contribution in [-0.2, 0) is 0 Å². The van der Waals surface area contributed by atoms with Crippen molar-refractivity contribution in [3.8, 4) is 0 Å². The molecule has 1 aromatic carbocycles. The van der Waals surface area contributed by atoms with Crippen molar-refractivity contribution >= 4 is 27.3 Å². The van der Waals surface area contributed by atoms with Crippen LogP contribution in [0.5, 0.6) is 0 Å². The molecule has 0 radical (unpaired) electrons. The summed E-state index contributed by atoms with van der Waals surface area (Å²) in [5.74, 6) is 0.688. The summed E-state index contributed by atoms with van der Waals surface area (Å²) in [5.41, 5.74) is 7.88. The summed E-state index contributed by atoms with van der Waals surface area (Å²) in [6.45, 7) is 5.50. The van der Waals surface area contributed by atoms with E-state index in [0.717, 1.165) is 22.4 Å². The van der Waals surface area contributed by atoms with Crippen molar-refractivity contribution in [2.75, 3.05) is 24.2 Å². The molecule has 0 saturated heterocycles. The lowest BCUT2D eigenvalue weighted by atomic mass is 10.1. The number of nitrogen functional groups attached to an aromatic ring is 1. The molecule has 1 unspecified atom stereocenters. The van der Waals surface area contributed by atoms with Crippen LogP contribution in [0.1, 0.15) is 20.3 Å². The number of rotatable bonds is 4. The summed E-state index contributed by atoms with van der Waals surface area (Å²) in [4.78, 5) is 2.22. The van der Waals surface area contributed by atoms with Crippen molar-refractivity contribution in [2.45, 2.75) is 20.3 Å². The van der Waals surface area contributed by atoms with Gasteiger partial charge in [0.25, 0.3) is 0 Å². The number of benzene rings is 1. The van der Waals surface area contributed by atoms with Crippen LogP contribution in [0.15, 0.2) is 22.7 Å². The number of hydrogen-bond donors (Lipinski definition) is 1. The highest BCUT2D eigenvalue weighted by Gasteiger charge is 2.08. The SMILES string of the molecule is CCC(C)CN(C)c1cc(Br)ccc1N. The Morgan fingerprint density at radius 2 is 2.13 bits per heavy atom. The quantitative estimate of drug-likeness (QED) is 0.849. The second kappa shape index (κ2) is 5.40. The van der Waals surface area contributed by atoms with Crippen LogP contribution in [0.3, 0.4) is 0 Å². The van der Waals surface area contributed by atoms with E-state index in [9.17, 15) is 0 Å². The predicted octanol–water partition coefficient (Wildman–Crippen LogP) is 3.51. The summed E-state index contributed by atoms with van der Waals surface area (Å²) in [5, 5.41) is 0. The molecule has 0 spiro atoms. The highest BCUT2D eigenvalue weighted by atomic mass is 79.9. The van der Waals surface area contributed by atoms with Gasteiger partial charge in [0, 0.05) is 18.1 Å². The molecule has 0 aliphatic rings. The smallest absolute Gasteiger partial charge is 0.0608 e. The van der Waals surface area contributed by atoms with Crippen LogP contribution < -0.4 is 10.6 Å². The van der Waals surface area contributed by atoms with Gasteiger partial charge in [-0.1, -0.05) is 36.2 Å². The normalized spacial score (nSPS) is 12.5. The van der Waals surface area contributed by atoms with Crippen molar-refractivity contribution in [1.82, 2.24) is 0 Å². The molecule has 0 bridgehead atoms. The maximum absolute atomic E-state index is 5.95. The number of nitrogens with zero attached hydrogens (tertiary/aromatic N) is 1. The fourth-order valence-electron chi connectivity index (χ4n) is 1.54. The maximum atomic E-state index is 5.95. The Kier molecular flexibility index (Phi) is 4.45. The van der Waals surface area contributed by atoms with E-state index >= 15 is 0 Å². The lowest BCUT2D eigenvalue weighted by molar-refractivity contribution is 0.560. The molecular weight excluding hydrogens is 252 g/mol. The maximum Gasteiger partial charge on any atom is 0.0608 e. The molecule has 0 fully saturated rings. The molecule has 0 aliphatic carbocycles. The van der Waals surface area contributed by atoms with Gasteiger partial charge in [0.05, 0.1) is 11.4 Å². The van der Waals surface area contributed by atoms with Crippen LogP contribution >= 0.6 is 15.9 Å². The fraction of sp³-hybridized carbons (Fsp3) is 0.500. The third-order valence-corrected chi connectivity index (χ3v) is 3.18. The third kappa shape index (κ3) is 3.42. The summed E-state index contributed by atoms with van der Waals surface area (Å²) in [6.07, 6.45) is 1.19. The summed E-state index contributed by atoms with van der Waals surface area (Å²) in [6, 6.07) is 5.97. The second-order valence-corrected chi connectivity index (χ2v) is 5.01. The second-order valence-electron chi connectivity index (χ2n) is 4.10. The molecule has 0 amide bonds. The molecule has 2 nitrogen and oxygen atoms in total. The van der Waals surface area contributed by atoms with Gasteiger partial charge in [0.2, 0.25) is 0 Å². The van der Waals surface area contributed by atoms with Crippen LogP contribution in [0.25, 0.3) is 0 Å². The van der Waals surface area contributed by atoms with Crippen LogP contribution in [0.4, 0.5) is 11.4 Å². The average Bonchev–Trinajstić information content (AvgIpc) is 2.21. The number of nitrogens with two attached hydrogens (primary N) is 1. The van der Waals surface area contributed by atoms with E-state index in [-0.39, 0.29) is 0 Å². The molecule has 0 aliphatic heterocycles. The van der Waals surface area contributed by atoms with Crippen LogP contribution in [0, 0.1) is 5.92 Å². The summed E-state index contributed by atoms with van der Waals surface area (Å²) in [7, 11) is 2.09. The molecule has 0 heterocycles.